The van der Waals surface area contributed by atoms with E-state index in [0.717, 1.165) is 19.4 Å². The van der Waals surface area contributed by atoms with Gasteiger partial charge in [-0.25, -0.2) is 0 Å². The predicted molar refractivity (Wildman–Crippen MR) is 53.9 cm³/mol. The molecule has 2 aliphatic rings. The van der Waals surface area contributed by atoms with E-state index >= 15 is 0 Å². The van der Waals surface area contributed by atoms with E-state index in [4.69, 9.17) is 10.00 Å². The van der Waals surface area contributed by atoms with Crippen LogP contribution in [-0.2, 0) is 9.53 Å². The number of carbonyl (C=O) groups is 1. The van der Waals surface area contributed by atoms with E-state index in [2.05, 4.69) is 6.07 Å². The molecule has 0 aromatic carbocycles. The second-order valence-corrected chi connectivity index (χ2v) is 4.37. The second kappa shape index (κ2) is 4.19. The van der Waals surface area contributed by atoms with Crippen molar-refractivity contribution in [1.29, 1.82) is 5.26 Å². The lowest BCUT2D eigenvalue weighted by Crippen LogP contribution is -2.42. The summed E-state index contributed by atoms with van der Waals surface area (Å²) >= 11 is 0. The normalized spacial score (nSPS) is 33.1. The fraction of sp³-hybridized carbons (Fsp3) is 0.818. The molecule has 4 nitrogen and oxygen atoms in total. The Bertz CT molecular complexity index is 291. The zero-order valence-electron chi connectivity index (χ0n) is 8.98. The first kappa shape index (κ1) is 10.4. The van der Waals surface area contributed by atoms with Crippen LogP contribution >= 0.6 is 0 Å². The van der Waals surface area contributed by atoms with Gasteiger partial charge in [-0.15, -0.1) is 0 Å². The molecule has 0 N–H and O–H groups in total. The molecule has 3 unspecified atom stereocenters. The summed E-state index contributed by atoms with van der Waals surface area (Å²) in [6, 6.07) is 2.29. The first-order chi connectivity index (χ1) is 7.22. The first-order valence-electron chi connectivity index (χ1n) is 5.53. The Morgan fingerprint density at radius 1 is 1.67 bits per heavy atom. The molecule has 82 valence electrons. The smallest absolute Gasteiger partial charge is 0.224 e. The van der Waals surface area contributed by atoms with Gasteiger partial charge in [0.05, 0.1) is 24.1 Å². The Hall–Kier alpha value is -1.08. The largest absolute Gasteiger partial charge is 0.376 e. The van der Waals surface area contributed by atoms with Gasteiger partial charge in [0, 0.05) is 19.6 Å². The van der Waals surface area contributed by atoms with Crippen molar-refractivity contribution < 1.29 is 9.53 Å². The SMILES string of the molecule is CC(C1CCCO1)N1CC(C#N)CC1=O. The van der Waals surface area contributed by atoms with Crippen LogP contribution in [-0.4, -0.2) is 36.1 Å². The molecule has 0 spiro atoms. The average Bonchev–Trinajstić information content (AvgIpc) is 2.85. The van der Waals surface area contributed by atoms with E-state index in [1.165, 1.54) is 0 Å². The number of hydrogen-bond donors (Lipinski definition) is 0. The van der Waals surface area contributed by atoms with Crippen molar-refractivity contribution in [3.63, 3.8) is 0 Å². The van der Waals surface area contributed by atoms with E-state index in [9.17, 15) is 4.79 Å². The number of carbonyl (C=O) groups excluding carboxylic acids is 1. The van der Waals surface area contributed by atoms with Crippen molar-refractivity contribution in [2.75, 3.05) is 13.2 Å². The van der Waals surface area contributed by atoms with Gasteiger partial charge in [0.2, 0.25) is 5.91 Å². The van der Waals surface area contributed by atoms with Crippen LogP contribution in [0.2, 0.25) is 0 Å². The lowest BCUT2D eigenvalue weighted by molar-refractivity contribution is -0.131. The number of likely N-dealkylation sites (tertiary alicyclic amines) is 1. The lowest BCUT2D eigenvalue weighted by Gasteiger charge is -2.28. The summed E-state index contributed by atoms with van der Waals surface area (Å²) in [4.78, 5) is 13.5. The summed E-state index contributed by atoms with van der Waals surface area (Å²) < 4.78 is 5.57. The standard InChI is InChI=1S/C11H16N2O2/c1-8(10-3-2-4-15-10)13-7-9(6-12)5-11(13)14/h8-10H,2-5,7H2,1H3. The van der Waals surface area contributed by atoms with E-state index in [0.29, 0.717) is 13.0 Å². The summed E-state index contributed by atoms with van der Waals surface area (Å²) in [6.07, 6.45) is 2.67. The molecule has 0 aromatic rings. The molecule has 1 amide bonds. The van der Waals surface area contributed by atoms with Gasteiger partial charge in [0.25, 0.3) is 0 Å². The summed E-state index contributed by atoms with van der Waals surface area (Å²) in [5.41, 5.74) is 0. The Balaban J connectivity index is 1.98. The summed E-state index contributed by atoms with van der Waals surface area (Å²) in [6.45, 7) is 3.41. The van der Waals surface area contributed by atoms with Crippen molar-refractivity contribution in [2.24, 2.45) is 5.92 Å². The van der Waals surface area contributed by atoms with Gasteiger partial charge in [0.15, 0.2) is 0 Å². The van der Waals surface area contributed by atoms with Crippen LogP contribution < -0.4 is 0 Å². The minimum absolute atomic E-state index is 0.101. The molecule has 0 bridgehead atoms. The zero-order valence-corrected chi connectivity index (χ0v) is 8.98. The van der Waals surface area contributed by atoms with Crippen LogP contribution in [0.5, 0.6) is 0 Å². The number of ether oxygens (including phenoxy) is 1. The van der Waals surface area contributed by atoms with Gasteiger partial charge in [-0.1, -0.05) is 0 Å². The van der Waals surface area contributed by atoms with Crippen LogP contribution in [0.1, 0.15) is 26.2 Å². The van der Waals surface area contributed by atoms with Crippen LogP contribution in [0.15, 0.2) is 0 Å². The molecule has 2 aliphatic heterocycles. The lowest BCUT2D eigenvalue weighted by atomic mass is 10.1. The van der Waals surface area contributed by atoms with Crippen molar-refractivity contribution >= 4 is 5.91 Å². The maximum atomic E-state index is 11.7. The highest BCUT2D eigenvalue weighted by atomic mass is 16.5. The fourth-order valence-electron chi connectivity index (χ4n) is 2.40. The zero-order chi connectivity index (χ0) is 10.8. The molecular weight excluding hydrogens is 192 g/mol. The van der Waals surface area contributed by atoms with Gasteiger partial charge in [-0.05, 0) is 19.8 Å². The second-order valence-electron chi connectivity index (χ2n) is 4.37. The Labute approximate surface area is 89.8 Å². The topological polar surface area (TPSA) is 53.3 Å². The van der Waals surface area contributed by atoms with Crippen LogP contribution in [0.25, 0.3) is 0 Å². The summed E-state index contributed by atoms with van der Waals surface area (Å²) in [5, 5.41) is 8.79. The van der Waals surface area contributed by atoms with Gasteiger partial charge in [-0.3, -0.25) is 4.79 Å². The molecule has 0 aliphatic carbocycles. The van der Waals surface area contributed by atoms with E-state index in [1.807, 2.05) is 11.8 Å². The molecule has 3 atom stereocenters. The summed E-state index contributed by atoms with van der Waals surface area (Å²) in [5.74, 6) is -0.0223. The van der Waals surface area contributed by atoms with Crippen molar-refractivity contribution in [2.45, 2.75) is 38.3 Å². The molecule has 15 heavy (non-hydrogen) atoms. The van der Waals surface area contributed by atoms with Gasteiger partial charge < -0.3 is 9.64 Å². The van der Waals surface area contributed by atoms with Crippen LogP contribution in [0.3, 0.4) is 0 Å². The Morgan fingerprint density at radius 3 is 3.00 bits per heavy atom. The van der Waals surface area contributed by atoms with Crippen molar-refractivity contribution in [1.82, 2.24) is 4.90 Å². The highest BCUT2D eigenvalue weighted by molar-refractivity contribution is 5.79. The first-order valence-corrected chi connectivity index (χ1v) is 5.53. The molecule has 2 fully saturated rings. The molecule has 4 heteroatoms. The molecule has 0 saturated carbocycles. The highest BCUT2D eigenvalue weighted by Gasteiger charge is 2.36. The number of nitrogens with zero attached hydrogens (tertiary/aromatic N) is 2. The quantitative estimate of drug-likeness (QED) is 0.678. The van der Waals surface area contributed by atoms with Crippen LogP contribution in [0.4, 0.5) is 0 Å². The van der Waals surface area contributed by atoms with E-state index in [-0.39, 0.29) is 24.0 Å². The molecule has 2 rings (SSSR count). The summed E-state index contributed by atoms with van der Waals surface area (Å²) in [7, 11) is 0. The third-order valence-electron chi connectivity index (χ3n) is 3.34. The van der Waals surface area contributed by atoms with Gasteiger partial charge in [0.1, 0.15) is 0 Å². The minimum Gasteiger partial charge on any atom is -0.376 e. The average molecular weight is 208 g/mol. The molecular formula is C11H16N2O2. The molecule has 2 heterocycles. The Kier molecular flexibility index (Phi) is 2.92. The maximum Gasteiger partial charge on any atom is 0.224 e. The number of amides is 1. The van der Waals surface area contributed by atoms with E-state index in [1.54, 1.807) is 0 Å². The van der Waals surface area contributed by atoms with Crippen LogP contribution in [0, 0.1) is 17.2 Å². The predicted octanol–water partition coefficient (Wildman–Crippen LogP) is 0.926. The maximum absolute atomic E-state index is 11.7. The number of hydrogen-bond acceptors (Lipinski definition) is 3. The monoisotopic (exact) mass is 208 g/mol. The third kappa shape index (κ3) is 1.98. The van der Waals surface area contributed by atoms with E-state index < -0.39 is 0 Å². The molecule has 0 radical (unpaired) electrons. The molecule has 2 saturated heterocycles. The Morgan fingerprint density at radius 2 is 2.47 bits per heavy atom. The third-order valence-corrected chi connectivity index (χ3v) is 3.34. The van der Waals surface area contributed by atoms with Crippen molar-refractivity contribution in [3.05, 3.63) is 0 Å². The van der Waals surface area contributed by atoms with Gasteiger partial charge >= 0.3 is 0 Å². The number of rotatable bonds is 2. The van der Waals surface area contributed by atoms with Gasteiger partial charge in [-0.2, -0.15) is 5.26 Å². The fourth-order valence-corrected chi connectivity index (χ4v) is 2.40. The highest BCUT2D eigenvalue weighted by Crippen LogP contribution is 2.25. The van der Waals surface area contributed by atoms with Crippen molar-refractivity contribution in [3.8, 4) is 6.07 Å². The number of nitriles is 1. The minimum atomic E-state index is -0.124. The molecule has 0 aromatic heterocycles.